The molecular weight excluding hydrogens is 402 g/mol. The van der Waals surface area contributed by atoms with E-state index in [1.54, 1.807) is 7.11 Å². The number of methoxy groups -OCH3 is 1. The minimum atomic E-state index is -0.0679. The Hall–Kier alpha value is -2.86. The van der Waals surface area contributed by atoms with Gasteiger partial charge in [0, 0.05) is 30.2 Å². The Morgan fingerprint density at radius 1 is 0.969 bits per heavy atom. The topological polar surface area (TPSA) is 84.7 Å². The summed E-state index contributed by atoms with van der Waals surface area (Å²) in [7, 11) is 1.62. The molecule has 170 valence electrons. The quantitative estimate of drug-likeness (QED) is 0.659. The molecule has 2 aromatic carbocycles. The van der Waals surface area contributed by atoms with Crippen molar-refractivity contribution >= 4 is 17.5 Å². The Bertz CT molecular complexity index is 922. The number of nitrogens with zero attached hydrogens (tertiary/aromatic N) is 1. The lowest BCUT2D eigenvalue weighted by Gasteiger charge is -2.38. The van der Waals surface area contributed by atoms with Crippen LogP contribution in [0.3, 0.4) is 0 Å². The van der Waals surface area contributed by atoms with Crippen LogP contribution in [0.15, 0.2) is 48.5 Å². The maximum absolute atomic E-state index is 13.0. The largest absolute Gasteiger partial charge is 0.497 e. The van der Waals surface area contributed by atoms with E-state index in [-0.39, 0.29) is 29.8 Å². The summed E-state index contributed by atoms with van der Waals surface area (Å²) in [5, 5.41) is 2.95. The first-order chi connectivity index (χ1) is 15.5. The molecule has 0 heterocycles. The number of hydrogen-bond acceptors (Lipinski definition) is 4. The van der Waals surface area contributed by atoms with Crippen LogP contribution in [0.2, 0.25) is 0 Å². The molecule has 6 nitrogen and oxygen atoms in total. The molecule has 32 heavy (non-hydrogen) atoms. The average molecular weight is 436 g/mol. The molecule has 2 atom stereocenters. The van der Waals surface area contributed by atoms with Crippen molar-refractivity contribution in [1.29, 1.82) is 0 Å². The molecule has 4 rings (SSSR count). The summed E-state index contributed by atoms with van der Waals surface area (Å²) in [5.41, 5.74) is 9.14. The van der Waals surface area contributed by atoms with Crippen LogP contribution >= 0.6 is 0 Å². The van der Waals surface area contributed by atoms with Gasteiger partial charge in [-0.1, -0.05) is 37.1 Å². The molecule has 0 aromatic heterocycles. The van der Waals surface area contributed by atoms with Gasteiger partial charge in [-0.25, -0.2) is 0 Å². The molecule has 2 aliphatic rings. The molecule has 6 heteroatoms. The normalized spacial score (nSPS) is 20.4. The van der Waals surface area contributed by atoms with Crippen molar-refractivity contribution in [2.24, 2.45) is 11.7 Å². The van der Waals surface area contributed by atoms with Crippen LogP contribution in [0.4, 0.5) is 5.69 Å². The van der Waals surface area contributed by atoms with Crippen molar-refractivity contribution in [2.75, 3.05) is 12.4 Å². The highest BCUT2D eigenvalue weighted by molar-refractivity contribution is 5.92. The highest BCUT2D eigenvalue weighted by Crippen LogP contribution is 2.34. The Labute approximate surface area is 190 Å². The second-order valence-electron chi connectivity index (χ2n) is 9.03. The lowest BCUT2D eigenvalue weighted by Crippen LogP contribution is -2.52. The van der Waals surface area contributed by atoms with Crippen molar-refractivity contribution in [3.63, 3.8) is 0 Å². The molecule has 2 unspecified atom stereocenters. The van der Waals surface area contributed by atoms with Gasteiger partial charge < -0.3 is 20.7 Å². The molecule has 0 radical (unpaired) electrons. The van der Waals surface area contributed by atoms with Gasteiger partial charge in [-0.15, -0.1) is 0 Å². The molecule has 2 saturated carbocycles. The lowest BCUT2D eigenvalue weighted by molar-refractivity contribution is -0.136. The predicted molar refractivity (Wildman–Crippen MR) is 125 cm³/mol. The third-order valence-corrected chi connectivity index (χ3v) is 6.51. The molecule has 0 aliphatic heterocycles. The lowest BCUT2D eigenvalue weighted by atomic mass is 9.89. The maximum Gasteiger partial charge on any atom is 0.228 e. The second kappa shape index (κ2) is 10.2. The molecule has 3 N–H and O–H groups in total. The van der Waals surface area contributed by atoms with Crippen molar-refractivity contribution in [1.82, 2.24) is 4.90 Å². The minimum absolute atomic E-state index is 0.0583. The van der Waals surface area contributed by atoms with Crippen molar-refractivity contribution in [3.8, 4) is 5.75 Å². The van der Waals surface area contributed by atoms with Gasteiger partial charge in [0.2, 0.25) is 11.8 Å². The Kier molecular flexibility index (Phi) is 7.10. The van der Waals surface area contributed by atoms with Crippen LogP contribution < -0.4 is 15.8 Å². The molecule has 2 fully saturated rings. The van der Waals surface area contributed by atoms with Crippen LogP contribution in [0.1, 0.15) is 49.7 Å². The number of hydrogen-bond donors (Lipinski definition) is 2. The van der Waals surface area contributed by atoms with E-state index in [0.717, 1.165) is 61.1 Å². The first kappa shape index (κ1) is 22.3. The van der Waals surface area contributed by atoms with E-state index in [4.69, 9.17) is 10.5 Å². The van der Waals surface area contributed by atoms with E-state index in [9.17, 15) is 9.59 Å². The average Bonchev–Trinajstić information content (AvgIpc) is 3.65. The van der Waals surface area contributed by atoms with Gasteiger partial charge in [-0.2, -0.15) is 0 Å². The fraction of sp³-hybridized carbons (Fsp3) is 0.462. The zero-order valence-electron chi connectivity index (χ0n) is 18.8. The van der Waals surface area contributed by atoms with Gasteiger partial charge in [-0.3, -0.25) is 9.59 Å². The molecule has 0 spiro atoms. The fourth-order valence-electron chi connectivity index (χ4n) is 4.47. The summed E-state index contributed by atoms with van der Waals surface area (Å²) in [4.78, 5) is 27.4. The number of amides is 2. The van der Waals surface area contributed by atoms with Gasteiger partial charge in [0.05, 0.1) is 13.5 Å². The summed E-state index contributed by atoms with van der Waals surface area (Å²) >= 11 is 0. The second-order valence-corrected chi connectivity index (χ2v) is 9.03. The van der Waals surface area contributed by atoms with Crippen LogP contribution in [-0.2, 0) is 22.6 Å². The molecule has 0 saturated heterocycles. The fourth-order valence-corrected chi connectivity index (χ4v) is 4.47. The third kappa shape index (κ3) is 5.68. The number of anilines is 1. The van der Waals surface area contributed by atoms with Crippen molar-refractivity contribution < 1.29 is 14.3 Å². The maximum atomic E-state index is 13.0. The molecule has 2 aliphatic carbocycles. The van der Waals surface area contributed by atoms with Gasteiger partial charge >= 0.3 is 0 Å². The molecule has 2 aromatic rings. The first-order valence-electron chi connectivity index (χ1n) is 11.6. The van der Waals surface area contributed by atoms with Crippen molar-refractivity contribution in [3.05, 3.63) is 59.7 Å². The van der Waals surface area contributed by atoms with Crippen LogP contribution in [0.25, 0.3) is 0 Å². The monoisotopic (exact) mass is 435 g/mol. The summed E-state index contributed by atoms with van der Waals surface area (Å²) in [6, 6.07) is 15.5. The number of carbonyl (C=O) groups excluding carboxylic acids is 2. The minimum Gasteiger partial charge on any atom is -0.497 e. The number of carbonyl (C=O) groups is 2. The van der Waals surface area contributed by atoms with E-state index in [1.165, 1.54) is 0 Å². The summed E-state index contributed by atoms with van der Waals surface area (Å²) < 4.78 is 5.15. The smallest absolute Gasteiger partial charge is 0.228 e. The van der Waals surface area contributed by atoms with E-state index in [0.29, 0.717) is 13.0 Å². The highest BCUT2D eigenvalue weighted by atomic mass is 16.5. The summed E-state index contributed by atoms with van der Waals surface area (Å²) in [6.45, 7) is 0.577. The Morgan fingerprint density at radius 3 is 2.25 bits per heavy atom. The SMILES string of the molecule is COc1ccc(CC(=O)Nc2ccc(CN(C(=O)C3CC3)C3CCCCC3N)cc2)cc1. The summed E-state index contributed by atoms with van der Waals surface area (Å²) in [5.74, 6) is 1.14. The zero-order chi connectivity index (χ0) is 22.5. The number of benzene rings is 2. The number of rotatable bonds is 8. The highest BCUT2D eigenvalue weighted by Gasteiger charge is 2.38. The van der Waals surface area contributed by atoms with Gasteiger partial charge in [0.25, 0.3) is 0 Å². The first-order valence-corrected chi connectivity index (χ1v) is 11.6. The van der Waals surface area contributed by atoms with E-state index < -0.39 is 0 Å². The van der Waals surface area contributed by atoms with E-state index in [2.05, 4.69) is 5.32 Å². The van der Waals surface area contributed by atoms with Crippen LogP contribution in [0.5, 0.6) is 5.75 Å². The molecular formula is C26H33N3O3. The zero-order valence-corrected chi connectivity index (χ0v) is 18.8. The standard InChI is InChI=1S/C26H33N3O3/c1-32-22-14-8-18(9-15-22)16-25(30)28-21-12-6-19(7-13-21)17-29(26(31)20-10-11-20)24-5-3-2-4-23(24)27/h6-9,12-15,20,23-24H,2-5,10-11,16-17,27H2,1H3,(H,28,30). The van der Waals surface area contributed by atoms with Crippen molar-refractivity contribution in [2.45, 2.75) is 63.6 Å². The Balaban J connectivity index is 1.37. The van der Waals surface area contributed by atoms with E-state index in [1.807, 2.05) is 53.4 Å². The summed E-state index contributed by atoms with van der Waals surface area (Å²) in [6.07, 6.45) is 6.54. The Morgan fingerprint density at radius 2 is 1.62 bits per heavy atom. The van der Waals surface area contributed by atoms with Gasteiger partial charge in [0.15, 0.2) is 0 Å². The van der Waals surface area contributed by atoms with Gasteiger partial charge in [0.1, 0.15) is 5.75 Å². The number of nitrogens with two attached hydrogens (primary N) is 1. The molecule has 2 amide bonds. The third-order valence-electron chi connectivity index (χ3n) is 6.51. The van der Waals surface area contributed by atoms with Crippen LogP contribution in [-0.4, -0.2) is 35.9 Å². The number of ether oxygens (including phenoxy) is 1. The molecule has 0 bridgehead atoms. The van der Waals surface area contributed by atoms with Crippen LogP contribution in [0, 0.1) is 5.92 Å². The predicted octanol–water partition coefficient (Wildman–Crippen LogP) is 3.88. The van der Waals surface area contributed by atoms with Gasteiger partial charge in [-0.05, 0) is 61.1 Å². The van der Waals surface area contributed by atoms with E-state index >= 15 is 0 Å². The number of nitrogens with one attached hydrogen (secondary N) is 1.